The Morgan fingerprint density at radius 3 is 3.08 bits per heavy atom. The summed E-state index contributed by atoms with van der Waals surface area (Å²) in [6.07, 6.45) is 3.77. The molecule has 124 valence electrons. The van der Waals surface area contributed by atoms with E-state index < -0.39 is 0 Å². The molecule has 3 aromatic rings. The van der Waals surface area contributed by atoms with Crippen LogP contribution in [-0.4, -0.2) is 27.3 Å². The molecule has 4 rings (SSSR count). The highest BCUT2D eigenvalue weighted by Gasteiger charge is 2.31. The summed E-state index contributed by atoms with van der Waals surface area (Å²) >= 11 is 3.43. The number of fused-ring (bicyclic) bond motifs is 1. The van der Waals surface area contributed by atoms with E-state index in [1.54, 1.807) is 22.7 Å². The number of aryl methyl sites for hydroxylation is 1. The molecule has 3 aromatic heterocycles. The molecule has 24 heavy (non-hydrogen) atoms. The number of aromatic nitrogens is 2. The largest absolute Gasteiger partial charge is 0.357 e. The Morgan fingerprint density at radius 2 is 2.33 bits per heavy atom. The van der Waals surface area contributed by atoms with E-state index >= 15 is 0 Å². The lowest BCUT2D eigenvalue weighted by Crippen LogP contribution is -2.39. The zero-order chi connectivity index (χ0) is 16.7. The Hall–Kier alpha value is -1.92. The highest BCUT2D eigenvalue weighted by atomic mass is 32.1. The Bertz CT molecular complexity index is 876. The van der Waals surface area contributed by atoms with Crippen LogP contribution in [0.15, 0.2) is 29.1 Å². The van der Waals surface area contributed by atoms with Crippen LogP contribution in [0.5, 0.6) is 0 Å². The minimum atomic E-state index is 0.0805. The van der Waals surface area contributed by atoms with Gasteiger partial charge in [-0.3, -0.25) is 4.79 Å². The molecule has 1 aliphatic rings. The third-order valence-electron chi connectivity index (χ3n) is 4.57. The van der Waals surface area contributed by atoms with Crippen molar-refractivity contribution < 1.29 is 4.79 Å². The number of hydrogen-bond acceptors (Lipinski definition) is 4. The van der Waals surface area contributed by atoms with Crippen molar-refractivity contribution in [1.82, 2.24) is 14.9 Å². The van der Waals surface area contributed by atoms with Crippen molar-refractivity contribution in [3.05, 3.63) is 50.2 Å². The quantitative estimate of drug-likeness (QED) is 0.741. The van der Waals surface area contributed by atoms with E-state index in [4.69, 9.17) is 0 Å². The van der Waals surface area contributed by atoms with Crippen molar-refractivity contribution in [2.45, 2.75) is 32.7 Å². The highest BCUT2D eigenvalue weighted by molar-refractivity contribution is 7.10. The van der Waals surface area contributed by atoms with E-state index in [-0.39, 0.29) is 11.9 Å². The maximum Gasteiger partial charge on any atom is 0.270 e. The van der Waals surface area contributed by atoms with Gasteiger partial charge in [-0.15, -0.1) is 22.7 Å². The van der Waals surface area contributed by atoms with E-state index in [1.165, 1.54) is 10.4 Å². The number of amides is 1. The molecule has 4 nitrogen and oxygen atoms in total. The maximum absolute atomic E-state index is 13.0. The van der Waals surface area contributed by atoms with E-state index in [1.807, 2.05) is 29.5 Å². The third-order valence-corrected chi connectivity index (χ3v) is 6.34. The number of thiazole rings is 1. The Labute approximate surface area is 149 Å². The van der Waals surface area contributed by atoms with Gasteiger partial charge in [-0.1, -0.05) is 6.92 Å². The van der Waals surface area contributed by atoms with Crippen LogP contribution in [0.4, 0.5) is 0 Å². The standard InChI is InChI=1S/C18H19N3OS2/c1-3-16-13-5-7-23-17(13)4-6-21(16)18(22)14-8-12(9-19-14)15-10-24-11(2)20-15/h5,7-10,16,19H,3-4,6H2,1-2H3/t16-/m1/s1. The number of nitrogens with zero attached hydrogens (tertiary/aromatic N) is 2. The van der Waals surface area contributed by atoms with Gasteiger partial charge in [0.25, 0.3) is 5.91 Å². The zero-order valence-corrected chi connectivity index (χ0v) is 15.3. The monoisotopic (exact) mass is 357 g/mol. The van der Waals surface area contributed by atoms with Gasteiger partial charge in [0.05, 0.1) is 16.7 Å². The number of carbonyl (C=O) groups is 1. The number of hydrogen-bond donors (Lipinski definition) is 1. The van der Waals surface area contributed by atoms with Gasteiger partial charge in [-0.2, -0.15) is 0 Å². The van der Waals surface area contributed by atoms with Crippen LogP contribution in [-0.2, 0) is 6.42 Å². The fourth-order valence-corrected chi connectivity index (χ4v) is 4.95. The second-order valence-electron chi connectivity index (χ2n) is 6.03. The number of thiophene rings is 1. The first-order valence-corrected chi connectivity index (χ1v) is 9.91. The molecule has 0 aliphatic carbocycles. The van der Waals surface area contributed by atoms with Gasteiger partial charge >= 0.3 is 0 Å². The summed E-state index contributed by atoms with van der Waals surface area (Å²) in [5.41, 5.74) is 3.87. The topological polar surface area (TPSA) is 49.0 Å². The van der Waals surface area contributed by atoms with Crippen molar-refractivity contribution in [3.8, 4) is 11.3 Å². The van der Waals surface area contributed by atoms with Crippen LogP contribution in [0.1, 0.15) is 45.3 Å². The predicted molar refractivity (Wildman–Crippen MR) is 98.7 cm³/mol. The Kier molecular flexibility index (Phi) is 4.02. The molecular weight excluding hydrogens is 338 g/mol. The molecule has 0 unspecified atom stereocenters. The molecule has 0 saturated carbocycles. The summed E-state index contributed by atoms with van der Waals surface area (Å²) in [5.74, 6) is 0.0805. The lowest BCUT2D eigenvalue weighted by atomic mass is 9.97. The van der Waals surface area contributed by atoms with Crippen LogP contribution in [0.3, 0.4) is 0 Å². The normalized spacial score (nSPS) is 17.1. The van der Waals surface area contributed by atoms with Gasteiger partial charge in [0.15, 0.2) is 0 Å². The van der Waals surface area contributed by atoms with Gasteiger partial charge in [0.2, 0.25) is 0 Å². The number of aromatic amines is 1. The average Bonchev–Trinajstić information content (AvgIpc) is 3.32. The molecular formula is C18H19N3OS2. The van der Waals surface area contributed by atoms with Crippen molar-refractivity contribution in [1.29, 1.82) is 0 Å². The second-order valence-corrected chi connectivity index (χ2v) is 8.09. The van der Waals surface area contributed by atoms with Crippen LogP contribution in [0.2, 0.25) is 0 Å². The third kappa shape index (κ3) is 2.59. The SMILES string of the molecule is CC[C@@H]1c2ccsc2CCN1C(=O)c1cc(-c2csc(C)n2)c[nH]1. The zero-order valence-electron chi connectivity index (χ0n) is 13.7. The molecule has 4 heterocycles. The summed E-state index contributed by atoms with van der Waals surface area (Å²) < 4.78 is 0. The molecule has 1 N–H and O–H groups in total. The minimum Gasteiger partial charge on any atom is -0.357 e. The predicted octanol–water partition coefficient (Wildman–Crippen LogP) is 4.66. The maximum atomic E-state index is 13.0. The molecule has 1 amide bonds. The second kappa shape index (κ2) is 6.18. The average molecular weight is 358 g/mol. The first-order valence-electron chi connectivity index (χ1n) is 8.15. The van der Waals surface area contributed by atoms with Gasteiger partial charge in [0, 0.05) is 28.6 Å². The number of nitrogens with one attached hydrogen (secondary N) is 1. The van der Waals surface area contributed by atoms with Gasteiger partial charge in [-0.05, 0) is 42.8 Å². The van der Waals surface area contributed by atoms with Gasteiger partial charge in [0.1, 0.15) is 5.69 Å². The van der Waals surface area contributed by atoms with Crippen LogP contribution in [0, 0.1) is 6.92 Å². The summed E-state index contributed by atoms with van der Waals surface area (Å²) in [6.45, 7) is 4.93. The Balaban J connectivity index is 1.61. The van der Waals surface area contributed by atoms with Gasteiger partial charge in [-0.25, -0.2) is 4.98 Å². The number of H-pyrrole nitrogens is 1. The molecule has 0 fully saturated rings. The van der Waals surface area contributed by atoms with Crippen LogP contribution < -0.4 is 0 Å². The lowest BCUT2D eigenvalue weighted by Gasteiger charge is -2.35. The van der Waals surface area contributed by atoms with Crippen molar-refractivity contribution in [2.75, 3.05) is 6.54 Å². The Morgan fingerprint density at radius 1 is 1.46 bits per heavy atom. The first kappa shape index (κ1) is 15.6. The van der Waals surface area contributed by atoms with Crippen molar-refractivity contribution >= 4 is 28.6 Å². The molecule has 0 radical (unpaired) electrons. The summed E-state index contributed by atoms with van der Waals surface area (Å²) in [6, 6.07) is 4.28. The fourth-order valence-electron chi connectivity index (χ4n) is 3.40. The smallest absolute Gasteiger partial charge is 0.270 e. The van der Waals surface area contributed by atoms with E-state index in [0.717, 1.165) is 35.7 Å². The molecule has 6 heteroatoms. The van der Waals surface area contributed by atoms with E-state index in [0.29, 0.717) is 5.69 Å². The molecule has 0 aromatic carbocycles. The van der Waals surface area contributed by atoms with Gasteiger partial charge < -0.3 is 9.88 Å². The molecule has 0 spiro atoms. The molecule has 1 atom stereocenters. The van der Waals surface area contributed by atoms with Crippen molar-refractivity contribution in [3.63, 3.8) is 0 Å². The summed E-state index contributed by atoms with van der Waals surface area (Å²) in [7, 11) is 0. The van der Waals surface area contributed by atoms with E-state index in [9.17, 15) is 4.79 Å². The lowest BCUT2D eigenvalue weighted by molar-refractivity contribution is 0.0652. The van der Waals surface area contributed by atoms with Crippen LogP contribution >= 0.6 is 22.7 Å². The number of rotatable bonds is 3. The molecule has 0 bridgehead atoms. The number of carbonyl (C=O) groups excluding carboxylic acids is 1. The first-order chi connectivity index (χ1) is 11.7. The van der Waals surface area contributed by atoms with Crippen LogP contribution in [0.25, 0.3) is 11.3 Å². The minimum absolute atomic E-state index is 0.0805. The highest BCUT2D eigenvalue weighted by Crippen LogP contribution is 2.36. The van der Waals surface area contributed by atoms with Crippen molar-refractivity contribution in [2.24, 2.45) is 0 Å². The summed E-state index contributed by atoms with van der Waals surface area (Å²) in [5, 5.41) is 5.20. The fraction of sp³-hybridized carbons (Fsp3) is 0.333. The molecule has 1 aliphatic heterocycles. The molecule has 0 saturated heterocycles. The summed E-state index contributed by atoms with van der Waals surface area (Å²) in [4.78, 5) is 24.1. The van der Waals surface area contributed by atoms with E-state index in [2.05, 4.69) is 28.3 Å².